The van der Waals surface area contributed by atoms with Crippen molar-refractivity contribution in [2.75, 3.05) is 0 Å². The van der Waals surface area contributed by atoms with Gasteiger partial charge in [0.1, 0.15) is 34.3 Å². The van der Waals surface area contributed by atoms with E-state index in [2.05, 4.69) is 0 Å². The number of carbonyl (C=O) groups is 1. The van der Waals surface area contributed by atoms with E-state index in [9.17, 15) is 30.3 Å². The van der Waals surface area contributed by atoms with Gasteiger partial charge in [0, 0.05) is 12.1 Å². The van der Waals surface area contributed by atoms with Gasteiger partial charge in [-0.25, -0.2) is 0 Å². The number of phenolic OH excluding ortho intramolecular Hbond substituents is 4. The average Bonchev–Trinajstić information content (AvgIpc) is 2.43. The molecule has 22 heavy (non-hydrogen) atoms. The highest BCUT2D eigenvalue weighted by Gasteiger charge is 2.41. The zero-order chi connectivity index (χ0) is 16.0. The Balaban J connectivity index is 2.15. The molecule has 114 valence electrons. The summed E-state index contributed by atoms with van der Waals surface area (Å²) >= 11 is 0. The third kappa shape index (κ3) is 1.99. The molecule has 2 atom stereocenters. The highest BCUT2D eigenvalue weighted by molar-refractivity contribution is 6.05. The summed E-state index contributed by atoms with van der Waals surface area (Å²) in [4.78, 5) is 12.2. The van der Waals surface area contributed by atoms with E-state index in [-0.39, 0.29) is 34.1 Å². The number of Topliss-reactive ketones (excluding diaryl/α,β-unsaturated/α-hetero) is 1. The van der Waals surface area contributed by atoms with Gasteiger partial charge in [0.15, 0.2) is 12.2 Å². The first kappa shape index (κ1) is 14.0. The van der Waals surface area contributed by atoms with E-state index < -0.39 is 23.7 Å². The van der Waals surface area contributed by atoms with Crippen LogP contribution in [0.4, 0.5) is 0 Å². The van der Waals surface area contributed by atoms with Gasteiger partial charge in [-0.05, 0) is 12.1 Å². The van der Waals surface area contributed by atoms with Crippen molar-refractivity contribution < 1.29 is 35.1 Å². The van der Waals surface area contributed by atoms with Gasteiger partial charge in [-0.1, -0.05) is 6.07 Å². The van der Waals surface area contributed by atoms with Crippen molar-refractivity contribution in [2.24, 2.45) is 0 Å². The molecule has 0 radical (unpaired) electrons. The van der Waals surface area contributed by atoms with E-state index in [0.717, 1.165) is 12.1 Å². The van der Waals surface area contributed by atoms with Crippen LogP contribution in [0.25, 0.3) is 0 Å². The smallest absolute Gasteiger partial charge is 0.202 e. The van der Waals surface area contributed by atoms with Gasteiger partial charge in [-0.2, -0.15) is 0 Å². The van der Waals surface area contributed by atoms with E-state index in [4.69, 9.17) is 4.74 Å². The predicted molar refractivity (Wildman–Crippen MR) is 73.2 cm³/mol. The third-order valence-corrected chi connectivity index (χ3v) is 3.47. The molecule has 0 bridgehead atoms. The van der Waals surface area contributed by atoms with E-state index in [1.54, 1.807) is 0 Å². The number of aliphatic hydroxyl groups excluding tert-OH is 1. The van der Waals surface area contributed by atoms with Crippen LogP contribution in [0.5, 0.6) is 28.7 Å². The number of hydrogen-bond acceptors (Lipinski definition) is 7. The van der Waals surface area contributed by atoms with Crippen LogP contribution in [0, 0.1) is 0 Å². The lowest BCUT2D eigenvalue weighted by molar-refractivity contribution is 0.0195. The molecule has 0 saturated carbocycles. The second kappa shape index (κ2) is 4.81. The summed E-state index contributed by atoms with van der Waals surface area (Å²) in [7, 11) is 0. The maximum Gasteiger partial charge on any atom is 0.202 e. The lowest BCUT2D eigenvalue weighted by atomic mass is 9.92. The van der Waals surface area contributed by atoms with Gasteiger partial charge >= 0.3 is 0 Å². The molecule has 0 aliphatic carbocycles. The zero-order valence-electron chi connectivity index (χ0n) is 11.1. The fourth-order valence-electron chi connectivity index (χ4n) is 2.46. The van der Waals surface area contributed by atoms with Crippen LogP contribution in [0.2, 0.25) is 0 Å². The van der Waals surface area contributed by atoms with Gasteiger partial charge in [-0.3, -0.25) is 4.79 Å². The average molecular weight is 304 g/mol. The van der Waals surface area contributed by atoms with Crippen molar-refractivity contribution in [2.45, 2.75) is 12.2 Å². The second-order valence-corrected chi connectivity index (χ2v) is 4.90. The normalized spacial score (nSPS) is 20.3. The summed E-state index contributed by atoms with van der Waals surface area (Å²) in [6, 6.07) is 5.97. The van der Waals surface area contributed by atoms with Crippen LogP contribution >= 0.6 is 0 Å². The Bertz CT molecular complexity index is 748. The first-order valence-corrected chi connectivity index (χ1v) is 6.36. The van der Waals surface area contributed by atoms with Crippen LogP contribution in [0.15, 0.2) is 30.3 Å². The Kier molecular flexibility index (Phi) is 3.07. The largest absolute Gasteiger partial charge is 0.508 e. The number of benzene rings is 2. The maximum absolute atomic E-state index is 12.2. The number of phenols is 4. The lowest BCUT2D eigenvalue weighted by Gasteiger charge is -2.30. The minimum absolute atomic E-state index is 0.152. The van der Waals surface area contributed by atoms with Crippen LogP contribution in [0.3, 0.4) is 0 Å². The van der Waals surface area contributed by atoms with E-state index >= 15 is 0 Å². The maximum atomic E-state index is 12.2. The molecular formula is C15H12O7. The summed E-state index contributed by atoms with van der Waals surface area (Å²) in [6.45, 7) is 0. The molecule has 2 aromatic rings. The molecule has 3 rings (SSSR count). The summed E-state index contributed by atoms with van der Waals surface area (Å²) < 4.78 is 5.41. The number of rotatable bonds is 1. The molecule has 7 nitrogen and oxygen atoms in total. The number of fused-ring (bicyclic) bond motifs is 1. The Hall–Kier alpha value is -2.93. The van der Waals surface area contributed by atoms with Gasteiger partial charge in [-0.15, -0.1) is 0 Å². The summed E-state index contributed by atoms with van der Waals surface area (Å²) in [5, 5.41) is 49.0. The Morgan fingerprint density at radius 3 is 2.23 bits per heavy atom. The summed E-state index contributed by atoms with van der Waals surface area (Å²) in [5.74, 6) is -2.57. The number of aliphatic hydroxyl groups is 1. The molecule has 7 heteroatoms. The van der Waals surface area contributed by atoms with Crippen LogP contribution in [-0.2, 0) is 0 Å². The number of ketones is 1. The fourth-order valence-corrected chi connectivity index (χ4v) is 2.46. The molecule has 0 spiro atoms. The zero-order valence-corrected chi connectivity index (χ0v) is 11.1. The SMILES string of the molecule is O=C1c2c(O)cc(O)cc2O[C@@H](c2c(O)cccc2O)[C@@H]1O. The Morgan fingerprint density at radius 2 is 1.59 bits per heavy atom. The standard InChI is InChI=1S/C15H12O7/c16-6-4-9(19)12-10(5-6)22-15(14(21)13(12)20)11-7(17)2-1-3-8(11)18/h1-5,14-19,21H/t14-,15+/m1/s1. The highest BCUT2D eigenvalue weighted by atomic mass is 16.5. The molecule has 0 amide bonds. The molecule has 0 aromatic heterocycles. The topological polar surface area (TPSA) is 127 Å². The van der Waals surface area contributed by atoms with E-state index in [1.807, 2.05) is 0 Å². The van der Waals surface area contributed by atoms with Crippen LogP contribution in [-0.4, -0.2) is 37.4 Å². The van der Waals surface area contributed by atoms with Crippen LogP contribution < -0.4 is 4.74 Å². The first-order chi connectivity index (χ1) is 10.4. The van der Waals surface area contributed by atoms with E-state index in [0.29, 0.717) is 0 Å². The van der Waals surface area contributed by atoms with E-state index in [1.165, 1.54) is 18.2 Å². The Labute approximate surface area is 124 Å². The van der Waals surface area contributed by atoms with Crippen LogP contribution in [0.1, 0.15) is 22.0 Å². The molecule has 1 aliphatic heterocycles. The highest BCUT2D eigenvalue weighted by Crippen LogP contribution is 2.45. The quantitative estimate of drug-likeness (QED) is 0.535. The van der Waals surface area contributed by atoms with Crippen molar-refractivity contribution in [1.82, 2.24) is 0 Å². The minimum atomic E-state index is -1.73. The van der Waals surface area contributed by atoms with Crippen molar-refractivity contribution in [3.05, 3.63) is 41.5 Å². The van der Waals surface area contributed by atoms with Crippen molar-refractivity contribution >= 4 is 5.78 Å². The first-order valence-electron chi connectivity index (χ1n) is 6.36. The Morgan fingerprint density at radius 1 is 0.955 bits per heavy atom. The van der Waals surface area contributed by atoms with Gasteiger partial charge < -0.3 is 30.3 Å². The molecule has 0 fully saturated rings. The molecule has 5 N–H and O–H groups in total. The molecular weight excluding hydrogens is 292 g/mol. The molecule has 1 aliphatic rings. The second-order valence-electron chi connectivity index (χ2n) is 4.90. The van der Waals surface area contributed by atoms with Crippen molar-refractivity contribution in [3.63, 3.8) is 0 Å². The van der Waals surface area contributed by atoms with Crippen molar-refractivity contribution in [1.29, 1.82) is 0 Å². The number of hydrogen-bond donors (Lipinski definition) is 5. The van der Waals surface area contributed by atoms with Gasteiger partial charge in [0.25, 0.3) is 0 Å². The molecule has 0 saturated heterocycles. The number of ether oxygens (including phenoxy) is 1. The summed E-state index contributed by atoms with van der Waals surface area (Å²) in [5.41, 5.74) is -0.423. The van der Waals surface area contributed by atoms with Gasteiger partial charge in [0.05, 0.1) is 5.56 Å². The number of carbonyl (C=O) groups excluding carboxylic acids is 1. The monoisotopic (exact) mass is 304 g/mol. The number of aromatic hydroxyl groups is 4. The lowest BCUT2D eigenvalue weighted by Crippen LogP contribution is -2.36. The molecule has 2 aromatic carbocycles. The molecule has 0 unspecified atom stereocenters. The molecule has 1 heterocycles. The third-order valence-electron chi connectivity index (χ3n) is 3.47. The fraction of sp³-hybridized carbons (Fsp3) is 0.133. The summed E-state index contributed by atoms with van der Waals surface area (Å²) in [6.07, 6.45) is -3.11. The minimum Gasteiger partial charge on any atom is -0.508 e. The predicted octanol–water partition coefficient (Wildman–Crippen LogP) is 1.19. The van der Waals surface area contributed by atoms with Gasteiger partial charge in [0.2, 0.25) is 5.78 Å². The van der Waals surface area contributed by atoms with Crippen molar-refractivity contribution in [3.8, 4) is 28.7 Å².